The summed E-state index contributed by atoms with van der Waals surface area (Å²) in [5.74, 6) is 0.186. The second-order valence-electron chi connectivity index (χ2n) is 3.99. The number of anilines is 1. The van der Waals surface area contributed by atoms with Gasteiger partial charge >= 0.3 is 0 Å². The Morgan fingerprint density at radius 1 is 1.50 bits per heavy atom. The highest BCUT2D eigenvalue weighted by molar-refractivity contribution is 5.93. The van der Waals surface area contributed by atoms with Crippen LogP contribution in [-0.4, -0.2) is 29.2 Å². The first kappa shape index (κ1) is 13.0. The first-order valence-corrected chi connectivity index (χ1v) is 5.21. The molecule has 1 amide bonds. The average Bonchev–Trinajstić information content (AvgIpc) is 2.82. The summed E-state index contributed by atoms with van der Waals surface area (Å²) in [6.07, 6.45) is 0.918. The van der Waals surface area contributed by atoms with Crippen molar-refractivity contribution >= 4 is 24.0 Å². The monoisotopic (exact) mass is 244 g/mol. The Bertz CT molecular complexity index is 351. The van der Waals surface area contributed by atoms with Crippen LogP contribution in [0.25, 0.3) is 0 Å². The summed E-state index contributed by atoms with van der Waals surface area (Å²) in [6.45, 7) is 5.50. The van der Waals surface area contributed by atoms with Crippen LogP contribution in [0, 0.1) is 19.8 Å². The molecule has 0 saturated carbocycles. The zero-order valence-corrected chi connectivity index (χ0v) is 10.3. The Kier molecular flexibility index (Phi) is 4.32. The van der Waals surface area contributed by atoms with Crippen molar-refractivity contribution in [3.63, 3.8) is 0 Å². The second-order valence-corrected chi connectivity index (χ2v) is 3.99. The van der Waals surface area contributed by atoms with Crippen molar-refractivity contribution in [2.45, 2.75) is 20.3 Å². The second kappa shape index (κ2) is 5.32. The summed E-state index contributed by atoms with van der Waals surface area (Å²) in [4.78, 5) is 11.8. The maximum atomic E-state index is 11.8. The molecule has 0 spiro atoms. The van der Waals surface area contributed by atoms with Crippen LogP contribution in [-0.2, 0) is 4.79 Å². The Hall–Kier alpha value is -1.07. The molecule has 1 aliphatic rings. The van der Waals surface area contributed by atoms with Gasteiger partial charge in [0, 0.05) is 6.54 Å². The quantitative estimate of drug-likeness (QED) is 0.727. The van der Waals surface area contributed by atoms with E-state index < -0.39 is 0 Å². The molecule has 90 valence electrons. The maximum Gasteiger partial charge on any atom is 0.228 e. The average molecular weight is 245 g/mol. The lowest BCUT2D eigenvalue weighted by Crippen LogP contribution is -2.25. The number of H-pyrrole nitrogens is 1. The number of amides is 1. The highest BCUT2D eigenvalue weighted by Crippen LogP contribution is 2.18. The molecule has 1 aromatic rings. The molecule has 5 nitrogen and oxygen atoms in total. The van der Waals surface area contributed by atoms with E-state index in [4.69, 9.17) is 0 Å². The van der Waals surface area contributed by atoms with Crippen molar-refractivity contribution < 1.29 is 4.79 Å². The number of carbonyl (C=O) groups is 1. The molecule has 16 heavy (non-hydrogen) atoms. The first-order chi connectivity index (χ1) is 7.18. The Morgan fingerprint density at radius 2 is 2.25 bits per heavy atom. The van der Waals surface area contributed by atoms with Crippen LogP contribution in [0.5, 0.6) is 0 Å². The third kappa shape index (κ3) is 2.54. The largest absolute Gasteiger partial charge is 0.323 e. The molecule has 2 rings (SSSR count). The molecule has 0 unspecified atom stereocenters. The molecule has 0 aliphatic carbocycles. The predicted octanol–water partition coefficient (Wildman–Crippen LogP) is 0.996. The molecular formula is C10H17ClN4O. The summed E-state index contributed by atoms with van der Waals surface area (Å²) in [5.41, 5.74) is 2.57. The molecule has 1 aliphatic heterocycles. The third-order valence-corrected chi connectivity index (χ3v) is 2.81. The fourth-order valence-corrected chi connectivity index (χ4v) is 1.84. The molecule has 1 saturated heterocycles. The smallest absolute Gasteiger partial charge is 0.228 e. The Balaban J connectivity index is 0.00000128. The highest BCUT2D eigenvalue weighted by Gasteiger charge is 2.23. The van der Waals surface area contributed by atoms with Gasteiger partial charge < -0.3 is 10.6 Å². The van der Waals surface area contributed by atoms with E-state index in [0.717, 1.165) is 36.6 Å². The van der Waals surface area contributed by atoms with Crippen molar-refractivity contribution in [1.82, 2.24) is 15.5 Å². The van der Waals surface area contributed by atoms with E-state index in [1.165, 1.54) is 0 Å². The molecule has 1 fully saturated rings. The van der Waals surface area contributed by atoms with Crippen molar-refractivity contribution in [3.05, 3.63) is 11.4 Å². The predicted molar refractivity (Wildman–Crippen MR) is 64.9 cm³/mol. The topological polar surface area (TPSA) is 69.8 Å². The van der Waals surface area contributed by atoms with Crippen molar-refractivity contribution in [3.8, 4) is 0 Å². The lowest BCUT2D eigenvalue weighted by Gasteiger charge is -2.09. The highest BCUT2D eigenvalue weighted by atomic mass is 35.5. The van der Waals surface area contributed by atoms with Crippen LogP contribution < -0.4 is 10.6 Å². The van der Waals surface area contributed by atoms with Gasteiger partial charge in [0.05, 0.1) is 23.0 Å². The van der Waals surface area contributed by atoms with Crippen molar-refractivity contribution in [1.29, 1.82) is 0 Å². The van der Waals surface area contributed by atoms with Crippen LogP contribution in [0.1, 0.15) is 17.8 Å². The minimum Gasteiger partial charge on any atom is -0.323 e. The fraction of sp³-hybridized carbons (Fsp3) is 0.600. The molecule has 1 aromatic heterocycles. The third-order valence-electron chi connectivity index (χ3n) is 2.81. The van der Waals surface area contributed by atoms with Gasteiger partial charge in [0.2, 0.25) is 5.91 Å². The molecule has 1 atom stereocenters. The van der Waals surface area contributed by atoms with Gasteiger partial charge in [-0.3, -0.25) is 9.89 Å². The summed E-state index contributed by atoms with van der Waals surface area (Å²) in [7, 11) is 0. The van der Waals surface area contributed by atoms with E-state index in [1.54, 1.807) is 0 Å². The minimum atomic E-state index is 0. The van der Waals surface area contributed by atoms with Gasteiger partial charge in [-0.2, -0.15) is 5.10 Å². The number of aromatic amines is 1. The molecular weight excluding hydrogens is 228 g/mol. The number of rotatable bonds is 2. The van der Waals surface area contributed by atoms with E-state index in [9.17, 15) is 4.79 Å². The SMILES string of the molecule is Cc1n[nH]c(C)c1NC(=O)[C@@H]1CCNC1.Cl. The number of halogens is 1. The van der Waals surface area contributed by atoms with Gasteiger partial charge in [-0.1, -0.05) is 0 Å². The van der Waals surface area contributed by atoms with Gasteiger partial charge in [0.15, 0.2) is 0 Å². The lowest BCUT2D eigenvalue weighted by atomic mass is 10.1. The number of aryl methyl sites for hydroxylation is 2. The zero-order chi connectivity index (χ0) is 10.8. The molecule has 6 heteroatoms. The number of nitrogens with one attached hydrogen (secondary N) is 3. The van der Waals surface area contributed by atoms with Crippen LogP contribution >= 0.6 is 12.4 Å². The van der Waals surface area contributed by atoms with Crippen molar-refractivity contribution in [2.24, 2.45) is 5.92 Å². The van der Waals surface area contributed by atoms with Crippen LogP contribution in [0.3, 0.4) is 0 Å². The minimum absolute atomic E-state index is 0. The summed E-state index contributed by atoms with van der Waals surface area (Å²) >= 11 is 0. The number of nitrogens with zero attached hydrogens (tertiary/aromatic N) is 1. The van der Waals surface area contributed by atoms with Crippen molar-refractivity contribution in [2.75, 3.05) is 18.4 Å². The summed E-state index contributed by atoms with van der Waals surface area (Å²) in [5, 5.41) is 13.0. The maximum absolute atomic E-state index is 11.8. The van der Waals surface area contributed by atoms with E-state index >= 15 is 0 Å². The number of aromatic nitrogens is 2. The van der Waals surface area contributed by atoms with Gasteiger partial charge in [-0.15, -0.1) is 12.4 Å². The molecule has 0 radical (unpaired) electrons. The van der Waals surface area contributed by atoms with Crippen LogP contribution in [0.2, 0.25) is 0 Å². The normalized spacial score (nSPS) is 19.2. The van der Waals surface area contributed by atoms with E-state index in [2.05, 4.69) is 20.8 Å². The van der Waals surface area contributed by atoms with E-state index in [0.29, 0.717) is 0 Å². The zero-order valence-electron chi connectivity index (χ0n) is 9.46. The van der Waals surface area contributed by atoms with Crippen LogP contribution in [0.4, 0.5) is 5.69 Å². The number of hydrogen-bond acceptors (Lipinski definition) is 3. The molecule has 2 heterocycles. The Morgan fingerprint density at radius 3 is 2.75 bits per heavy atom. The molecule has 3 N–H and O–H groups in total. The van der Waals surface area contributed by atoms with Gasteiger partial charge in [-0.25, -0.2) is 0 Å². The Labute approximate surface area is 101 Å². The van der Waals surface area contributed by atoms with Crippen LogP contribution in [0.15, 0.2) is 0 Å². The molecule has 0 bridgehead atoms. The fourth-order valence-electron chi connectivity index (χ4n) is 1.84. The summed E-state index contributed by atoms with van der Waals surface area (Å²) < 4.78 is 0. The van der Waals surface area contributed by atoms with Gasteiger partial charge in [0.1, 0.15) is 0 Å². The van der Waals surface area contributed by atoms with Gasteiger partial charge in [0.25, 0.3) is 0 Å². The number of hydrogen-bond donors (Lipinski definition) is 3. The van der Waals surface area contributed by atoms with Gasteiger partial charge in [-0.05, 0) is 26.8 Å². The lowest BCUT2D eigenvalue weighted by molar-refractivity contribution is -0.119. The van der Waals surface area contributed by atoms with E-state index in [-0.39, 0.29) is 24.2 Å². The first-order valence-electron chi connectivity index (χ1n) is 5.21. The standard InChI is InChI=1S/C10H16N4O.ClH/c1-6-9(7(2)14-13-6)12-10(15)8-3-4-11-5-8;/h8,11H,3-5H2,1-2H3,(H,12,15)(H,13,14);1H/t8-;/m1./s1. The molecule has 0 aromatic carbocycles. The van der Waals surface area contributed by atoms with E-state index in [1.807, 2.05) is 13.8 Å². The number of carbonyl (C=O) groups excluding carboxylic acids is 1. The summed E-state index contributed by atoms with van der Waals surface area (Å²) in [6, 6.07) is 0.